The fourth-order valence-electron chi connectivity index (χ4n) is 1.45. The highest BCUT2D eigenvalue weighted by Gasteiger charge is 2.03. The SMILES string of the molecule is CCCc1ccc(-c2nnc(N)s2)cc1. The number of hydrogen-bond acceptors (Lipinski definition) is 4. The smallest absolute Gasteiger partial charge is 0.203 e. The largest absolute Gasteiger partial charge is 0.374 e. The van der Waals surface area contributed by atoms with E-state index in [1.165, 1.54) is 23.3 Å². The second kappa shape index (κ2) is 4.40. The molecule has 4 heteroatoms. The Balaban J connectivity index is 2.23. The predicted octanol–water partition coefficient (Wildman–Crippen LogP) is 2.74. The average Bonchev–Trinajstić information content (AvgIpc) is 2.67. The number of nitrogen functional groups attached to an aromatic ring is 1. The van der Waals surface area contributed by atoms with Crippen LogP contribution >= 0.6 is 11.3 Å². The van der Waals surface area contributed by atoms with Gasteiger partial charge in [-0.15, -0.1) is 10.2 Å². The molecule has 0 saturated heterocycles. The Bertz CT molecular complexity index is 433. The Labute approximate surface area is 93.0 Å². The average molecular weight is 219 g/mol. The van der Waals surface area contributed by atoms with E-state index in [0.717, 1.165) is 17.0 Å². The van der Waals surface area contributed by atoms with Crippen LogP contribution in [0, 0.1) is 0 Å². The summed E-state index contributed by atoms with van der Waals surface area (Å²) in [5, 5.41) is 9.20. The molecule has 15 heavy (non-hydrogen) atoms. The van der Waals surface area contributed by atoms with E-state index in [0.29, 0.717) is 5.13 Å². The normalized spacial score (nSPS) is 10.5. The molecule has 0 unspecified atom stereocenters. The summed E-state index contributed by atoms with van der Waals surface area (Å²) in [5.41, 5.74) is 7.99. The standard InChI is InChI=1S/C11H13N3S/c1-2-3-8-4-6-9(7-5-8)10-13-14-11(12)15-10/h4-7H,2-3H2,1H3,(H2,12,14). The van der Waals surface area contributed by atoms with Gasteiger partial charge >= 0.3 is 0 Å². The molecule has 3 nitrogen and oxygen atoms in total. The molecule has 2 aromatic rings. The fraction of sp³-hybridized carbons (Fsp3) is 0.273. The second-order valence-corrected chi connectivity index (χ2v) is 4.40. The first-order valence-electron chi connectivity index (χ1n) is 4.98. The van der Waals surface area contributed by atoms with Crippen molar-refractivity contribution in [1.29, 1.82) is 0 Å². The van der Waals surface area contributed by atoms with Crippen molar-refractivity contribution in [3.8, 4) is 10.6 Å². The van der Waals surface area contributed by atoms with Crippen LogP contribution in [0.1, 0.15) is 18.9 Å². The van der Waals surface area contributed by atoms with Gasteiger partial charge in [-0.1, -0.05) is 48.9 Å². The molecule has 2 rings (SSSR count). The van der Waals surface area contributed by atoms with Gasteiger partial charge in [-0.2, -0.15) is 0 Å². The molecule has 0 spiro atoms. The van der Waals surface area contributed by atoms with Crippen LogP contribution in [-0.4, -0.2) is 10.2 Å². The third kappa shape index (κ3) is 2.33. The zero-order valence-electron chi connectivity index (χ0n) is 8.60. The van der Waals surface area contributed by atoms with Crippen LogP contribution in [0.4, 0.5) is 5.13 Å². The number of nitrogens with zero attached hydrogens (tertiary/aromatic N) is 2. The highest BCUT2D eigenvalue weighted by Crippen LogP contribution is 2.24. The number of anilines is 1. The van der Waals surface area contributed by atoms with Crippen molar-refractivity contribution < 1.29 is 0 Å². The molecular formula is C11H13N3S. The number of hydrogen-bond donors (Lipinski definition) is 1. The van der Waals surface area contributed by atoms with E-state index in [4.69, 9.17) is 5.73 Å². The van der Waals surface area contributed by atoms with E-state index in [2.05, 4.69) is 41.4 Å². The summed E-state index contributed by atoms with van der Waals surface area (Å²) < 4.78 is 0. The highest BCUT2D eigenvalue weighted by atomic mass is 32.1. The maximum absolute atomic E-state index is 5.54. The summed E-state index contributed by atoms with van der Waals surface area (Å²) >= 11 is 1.42. The van der Waals surface area contributed by atoms with Crippen molar-refractivity contribution >= 4 is 16.5 Å². The zero-order valence-corrected chi connectivity index (χ0v) is 9.42. The number of rotatable bonds is 3. The first kappa shape index (κ1) is 10.1. The van der Waals surface area contributed by atoms with Gasteiger partial charge in [0.15, 0.2) is 0 Å². The maximum Gasteiger partial charge on any atom is 0.203 e. The predicted molar refractivity (Wildman–Crippen MR) is 63.8 cm³/mol. The van der Waals surface area contributed by atoms with Crippen LogP contribution in [-0.2, 0) is 6.42 Å². The van der Waals surface area contributed by atoms with Crippen molar-refractivity contribution in [1.82, 2.24) is 10.2 Å². The Morgan fingerprint density at radius 2 is 1.93 bits per heavy atom. The third-order valence-electron chi connectivity index (χ3n) is 2.18. The second-order valence-electron chi connectivity index (χ2n) is 3.39. The van der Waals surface area contributed by atoms with E-state index < -0.39 is 0 Å². The number of aromatic nitrogens is 2. The Kier molecular flexibility index (Phi) is 2.97. The molecular weight excluding hydrogens is 206 g/mol. The highest BCUT2D eigenvalue weighted by molar-refractivity contribution is 7.18. The molecule has 0 aliphatic heterocycles. The summed E-state index contributed by atoms with van der Waals surface area (Å²) in [7, 11) is 0. The van der Waals surface area contributed by atoms with Gasteiger partial charge in [-0.25, -0.2) is 0 Å². The molecule has 0 fully saturated rings. The molecule has 0 aliphatic carbocycles. The Morgan fingerprint density at radius 3 is 2.47 bits per heavy atom. The van der Waals surface area contributed by atoms with Gasteiger partial charge in [0.25, 0.3) is 0 Å². The summed E-state index contributed by atoms with van der Waals surface area (Å²) in [6, 6.07) is 8.42. The van der Waals surface area contributed by atoms with Crippen LogP contribution in [0.3, 0.4) is 0 Å². The van der Waals surface area contributed by atoms with Gasteiger partial charge in [0.1, 0.15) is 5.01 Å². The first-order valence-corrected chi connectivity index (χ1v) is 5.79. The lowest BCUT2D eigenvalue weighted by atomic mass is 10.1. The minimum absolute atomic E-state index is 0.516. The molecule has 0 atom stereocenters. The molecule has 1 heterocycles. The summed E-state index contributed by atoms with van der Waals surface area (Å²) in [5.74, 6) is 0. The molecule has 2 N–H and O–H groups in total. The van der Waals surface area contributed by atoms with Crippen LogP contribution < -0.4 is 5.73 Å². The summed E-state index contributed by atoms with van der Waals surface area (Å²) in [6.45, 7) is 2.18. The third-order valence-corrected chi connectivity index (χ3v) is 2.98. The zero-order chi connectivity index (χ0) is 10.7. The van der Waals surface area contributed by atoms with Gasteiger partial charge in [0, 0.05) is 5.56 Å². The van der Waals surface area contributed by atoms with Gasteiger partial charge in [0.2, 0.25) is 5.13 Å². The van der Waals surface area contributed by atoms with Crippen LogP contribution in [0.2, 0.25) is 0 Å². The van der Waals surface area contributed by atoms with Gasteiger partial charge in [-0.05, 0) is 12.0 Å². The van der Waals surface area contributed by atoms with Crippen molar-refractivity contribution in [3.05, 3.63) is 29.8 Å². The molecule has 0 aliphatic rings. The summed E-state index contributed by atoms with van der Waals surface area (Å²) in [6.07, 6.45) is 2.30. The van der Waals surface area contributed by atoms with E-state index >= 15 is 0 Å². The topological polar surface area (TPSA) is 51.8 Å². The van der Waals surface area contributed by atoms with Crippen molar-refractivity contribution in [2.45, 2.75) is 19.8 Å². The lowest BCUT2D eigenvalue weighted by molar-refractivity contribution is 0.922. The monoisotopic (exact) mass is 219 g/mol. The Morgan fingerprint density at radius 1 is 1.20 bits per heavy atom. The van der Waals surface area contributed by atoms with E-state index in [9.17, 15) is 0 Å². The molecule has 0 amide bonds. The van der Waals surface area contributed by atoms with Crippen LogP contribution in [0.15, 0.2) is 24.3 Å². The molecule has 1 aromatic carbocycles. The Hall–Kier alpha value is -1.42. The number of aryl methyl sites for hydroxylation is 1. The molecule has 0 radical (unpaired) electrons. The van der Waals surface area contributed by atoms with Gasteiger partial charge in [0.05, 0.1) is 0 Å². The lowest BCUT2D eigenvalue weighted by Crippen LogP contribution is -1.83. The van der Waals surface area contributed by atoms with Gasteiger partial charge < -0.3 is 5.73 Å². The summed E-state index contributed by atoms with van der Waals surface area (Å²) in [4.78, 5) is 0. The minimum Gasteiger partial charge on any atom is -0.374 e. The van der Waals surface area contributed by atoms with Gasteiger partial charge in [-0.3, -0.25) is 0 Å². The van der Waals surface area contributed by atoms with Crippen LogP contribution in [0.25, 0.3) is 10.6 Å². The van der Waals surface area contributed by atoms with Crippen LogP contribution in [0.5, 0.6) is 0 Å². The van der Waals surface area contributed by atoms with Crippen molar-refractivity contribution in [2.24, 2.45) is 0 Å². The maximum atomic E-state index is 5.54. The molecule has 78 valence electrons. The van der Waals surface area contributed by atoms with E-state index in [1.807, 2.05) is 0 Å². The number of benzene rings is 1. The van der Waals surface area contributed by atoms with Crippen molar-refractivity contribution in [2.75, 3.05) is 5.73 Å². The fourth-order valence-corrected chi connectivity index (χ4v) is 2.07. The van der Waals surface area contributed by atoms with E-state index in [1.54, 1.807) is 0 Å². The lowest BCUT2D eigenvalue weighted by Gasteiger charge is -1.99. The van der Waals surface area contributed by atoms with Crippen molar-refractivity contribution in [3.63, 3.8) is 0 Å². The molecule has 0 saturated carbocycles. The quantitative estimate of drug-likeness (QED) is 0.863. The molecule has 0 bridgehead atoms. The first-order chi connectivity index (χ1) is 7.29. The van der Waals surface area contributed by atoms with E-state index in [-0.39, 0.29) is 0 Å². The number of nitrogens with two attached hydrogens (primary N) is 1. The minimum atomic E-state index is 0.516. The molecule has 1 aromatic heterocycles.